The highest BCUT2D eigenvalue weighted by Gasteiger charge is 2.11. The Morgan fingerprint density at radius 1 is 1.47 bits per heavy atom. The van der Waals surface area contributed by atoms with Crippen molar-refractivity contribution in [1.29, 1.82) is 0 Å². The van der Waals surface area contributed by atoms with Gasteiger partial charge < -0.3 is 9.47 Å². The Kier molecular flexibility index (Phi) is 4.78. The van der Waals surface area contributed by atoms with Crippen LogP contribution in [0, 0.1) is 0 Å². The summed E-state index contributed by atoms with van der Waals surface area (Å²) in [4.78, 5) is 11.3. The van der Waals surface area contributed by atoms with Gasteiger partial charge in [0.2, 0.25) is 0 Å². The van der Waals surface area contributed by atoms with Crippen LogP contribution in [0.5, 0.6) is 11.5 Å². The van der Waals surface area contributed by atoms with Crippen molar-refractivity contribution in [2.75, 3.05) is 7.11 Å². The Balaban J connectivity index is 2.97. The number of hydrogen-bond donors (Lipinski definition) is 2. The van der Waals surface area contributed by atoms with E-state index in [1.165, 1.54) is 7.11 Å². The van der Waals surface area contributed by atoms with Gasteiger partial charge in [-0.25, -0.2) is 5.84 Å². The molecule has 0 saturated carbocycles. The summed E-state index contributed by atoms with van der Waals surface area (Å²) in [7, 11) is 1.53. The molecular weight excluding hydrogens is 220 g/mol. The van der Waals surface area contributed by atoms with Crippen LogP contribution in [0.25, 0.3) is 0 Å². The zero-order valence-corrected chi connectivity index (χ0v) is 10.3. The molecule has 0 aliphatic carbocycles. The third-order valence-electron chi connectivity index (χ3n) is 2.46. The molecule has 5 nitrogen and oxygen atoms in total. The van der Waals surface area contributed by atoms with E-state index >= 15 is 0 Å². The lowest BCUT2D eigenvalue weighted by atomic mass is 10.2. The van der Waals surface area contributed by atoms with Gasteiger partial charge in [0, 0.05) is 5.56 Å². The molecule has 17 heavy (non-hydrogen) atoms. The van der Waals surface area contributed by atoms with Crippen LogP contribution in [0.15, 0.2) is 18.2 Å². The van der Waals surface area contributed by atoms with Crippen LogP contribution in [0.4, 0.5) is 0 Å². The normalized spacial score (nSPS) is 11.8. The molecule has 1 aromatic rings. The molecule has 0 heterocycles. The van der Waals surface area contributed by atoms with Gasteiger partial charge in [-0.2, -0.15) is 0 Å². The summed E-state index contributed by atoms with van der Waals surface area (Å²) >= 11 is 0. The van der Waals surface area contributed by atoms with Crippen LogP contribution in [-0.2, 0) is 0 Å². The van der Waals surface area contributed by atoms with Gasteiger partial charge in [0.25, 0.3) is 5.91 Å². The molecule has 5 heteroatoms. The molecular formula is C12H18N2O3. The summed E-state index contributed by atoms with van der Waals surface area (Å²) in [5.74, 6) is 5.84. The highest BCUT2D eigenvalue weighted by atomic mass is 16.5. The maximum absolute atomic E-state index is 11.3. The second-order valence-corrected chi connectivity index (χ2v) is 3.68. The number of carbonyl (C=O) groups is 1. The van der Waals surface area contributed by atoms with Gasteiger partial charge in [-0.05, 0) is 31.5 Å². The van der Waals surface area contributed by atoms with Crippen LogP contribution >= 0.6 is 0 Å². The second kappa shape index (κ2) is 6.10. The van der Waals surface area contributed by atoms with Gasteiger partial charge in [-0.1, -0.05) is 6.92 Å². The predicted molar refractivity (Wildman–Crippen MR) is 65.0 cm³/mol. The van der Waals surface area contributed by atoms with Crippen molar-refractivity contribution in [2.45, 2.75) is 26.4 Å². The van der Waals surface area contributed by atoms with Gasteiger partial charge in [-0.15, -0.1) is 0 Å². The van der Waals surface area contributed by atoms with E-state index in [1.54, 1.807) is 18.2 Å². The van der Waals surface area contributed by atoms with E-state index in [1.807, 2.05) is 13.8 Å². The van der Waals surface area contributed by atoms with Crippen LogP contribution in [-0.4, -0.2) is 19.1 Å². The number of methoxy groups -OCH3 is 1. The molecule has 3 N–H and O–H groups in total. The molecule has 1 atom stereocenters. The van der Waals surface area contributed by atoms with Crippen molar-refractivity contribution in [3.05, 3.63) is 23.8 Å². The molecule has 94 valence electrons. The number of nitrogens with two attached hydrogens (primary N) is 1. The summed E-state index contributed by atoms with van der Waals surface area (Å²) in [5.41, 5.74) is 2.50. The first-order valence-corrected chi connectivity index (χ1v) is 5.48. The smallest absolute Gasteiger partial charge is 0.265 e. The number of rotatable bonds is 5. The quantitative estimate of drug-likeness (QED) is 0.463. The lowest BCUT2D eigenvalue weighted by molar-refractivity contribution is 0.0953. The summed E-state index contributed by atoms with van der Waals surface area (Å²) < 4.78 is 10.8. The number of nitrogen functional groups attached to an aromatic ring is 1. The molecule has 0 spiro atoms. The van der Waals surface area contributed by atoms with E-state index in [2.05, 4.69) is 5.43 Å². The van der Waals surface area contributed by atoms with E-state index in [4.69, 9.17) is 15.3 Å². The molecule has 0 bridgehead atoms. The van der Waals surface area contributed by atoms with Crippen molar-refractivity contribution < 1.29 is 14.3 Å². The Morgan fingerprint density at radius 2 is 2.18 bits per heavy atom. The van der Waals surface area contributed by atoms with E-state index < -0.39 is 0 Å². The highest BCUT2D eigenvalue weighted by molar-refractivity contribution is 5.94. The van der Waals surface area contributed by atoms with Crippen LogP contribution in [0.1, 0.15) is 30.6 Å². The van der Waals surface area contributed by atoms with Crippen molar-refractivity contribution in [2.24, 2.45) is 5.84 Å². The molecule has 0 saturated heterocycles. The zero-order valence-electron chi connectivity index (χ0n) is 10.3. The number of benzene rings is 1. The summed E-state index contributed by atoms with van der Waals surface area (Å²) in [6.07, 6.45) is 0.992. The van der Waals surface area contributed by atoms with Crippen LogP contribution in [0.3, 0.4) is 0 Å². The summed E-state index contributed by atoms with van der Waals surface area (Å²) in [6.45, 7) is 4.01. The number of ether oxygens (including phenoxy) is 2. The van der Waals surface area contributed by atoms with Crippen molar-refractivity contribution >= 4 is 5.91 Å². The van der Waals surface area contributed by atoms with Crippen molar-refractivity contribution in [3.8, 4) is 11.5 Å². The highest BCUT2D eigenvalue weighted by Crippen LogP contribution is 2.29. The second-order valence-electron chi connectivity index (χ2n) is 3.68. The minimum atomic E-state index is -0.363. The van der Waals surface area contributed by atoms with E-state index in [0.717, 1.165) is 6.42 Å². The molecule has 1 rings (SSSR count). The Bertz CT molecular complexity index is 393. The van der Waals surface area contributed by atoms with Crippen LogP contribution < -0.4 is 20.7 Å². The lowest BCUT2D eigenvalue weighted by Gasteiger charge is -2.15. The first-order chi connectivity index (χ1) is 8.12. The number of hydrogen-bond acceptors (Lipinski definition) is 4. The molecule has 1 aromatic carbocycles. The minimum Gasteiger partial charge on any atom is -0.493 e. The van der Waals surface area contributed by atoms with Gasteiger partial charge in [0.15, 0.2) is 11.5 Å². The van der Waals surface area contributed by atoms with Gasteiger partial charge >= 0.3 is 0 Å². The maximum atomic E-state index is 11.3. The Hall–Kier alpha value is -1.75. The SMILES string of the molecule is CC[C@H](C)Oc1ccc(C(=O)NN)cc1OC. The average Bonchev–Trinajstić information content (AvgIpc) is 2.37. The number of amides is 1. The molecule has 0 unspecified atom stereocenters. The number of nitrogens with one attached hydrogen (secondary N) is 1. The van der Waals surface area contributed by atoms with E-state index in [9.17, 15) is 4.79 Å². The summed E-state index contributed by atoms with van der Waals surface area (Å²) in [5, 5.41) is 0. The molecule has 0 aromatic heterocycles. The number of carbonyl (C=O) groups excluding carboxylic acids is 1. The maximum Gasteiger partial charge on any atom is 0.265 e. The Morgan fingerprint density at radius 3 is 2.71 bits per heavy atom. The van der Waals surface area contributed by atoms with Crippen molar-refractivity contribution in [3.63, 3.8) is 0 Å². The fourth-order valence-electron chi connectivity index (χ4n) is 1.29. The van der Waals surface area contributed by atoms with Crippen molar-refractivity contribution in [1.82, 2.24) is 5.43 Å². The molecule has 0 fully saturated rings. The third-order valence-corrected chi connectivity index (χ3v) is 2.46. The third kappa shape index (κ3) is 3.35. The van der Waals surface area contributed by atoms with Gasteiger partial charge in [0.1, 0.15) is 0 Å². The molecule has 0 aliphatic heterocycles. The fraction of sp³-hybridized carbons (Fsp3) is 0.417. The Labute approximate surface area is 101 Å². The van der Waals surface area contributed by atoms with E-state index in [0.29, 0.717) is 17.1 Å². The van der Waals surface area contributed by atoms with Crippen LogP contribution in [0.2, 0.25) is 0 Å². The molecule has 1 amide bonds. The predicted octanol–water partition coefficient (Wildman–Crippen LogP) is 1.48. The first kappa shape index (κ1) is 13.3. The molecule has 0 aliphatic rings. The minimum absolute atomic E-state index is 0.0954. The standard InChI is InChI=1S/C12H18N2O3/c1-4-8(2)17-10-6-5-9(12(15)14-13)7-11(10)16-3/h5-8H,4,13H2,1-3H3,(H,14,15)/t8-/m0/s1. The molecule has 0 radical (unpaired) electrons. The van der Waals surface area contributed by atoms with Gasteiger partial charge in [-0.3, -0.25) is 10.2 Å². The first-order valence-electron chi connectivity index (χ1n) is 5.48. The van der Waals surface area contributed by atoms with Gasteiger partial charge in [0.05, 0.1) is 13.2 Å². The fourth-order valence-corrected chi connectivity index (χ4v) is 1.29. The zero-order chi connectivity index (χ0) is 12.8. The largest absolute Gasteiger partial charge is 0.493 e. The number of hydrazine groups is 1. The average molecular weight is 238 g/mol. The summed E-state index contributed by atoms with van der Waals surface area (Å²) in [6, 6.07) is 4.94. The monoisotopic (exact) mass is 238 g/mol. The lowest BCUT2D eigenvalue weighted by Crippen LogP contribution is -2.29. The topological polar surface area (TPSA) is 73.6 Å². The van der Waals surface area contributed by atoms with E-state index in [-0.39, 0.29) is 12.0 Å².